The molecule has 0 aromatic carbocycles. The standard InChI is InChI=1S/C22H46N2O6S3/c1-6-23-10-15-26-17-18-27-16-11-24-21(25)30-14-9-22(4,5)33-32-20(3)29-13-8-7-12-28-19(2)31/h19-20,23,31H,6-18H2,1-5H3,(H,24,25). The number of nitrogens with one attached hydrogen (secondary N) is 2. The summed E-state index contributed by atoms with van der Waals surface area (Å²) in [6, 6.07) is 0. The highest BCUT2D eigenvalue weighted by Gasteiger charge is 2.21. The van der Waals surface area contributed by atoms with Crippen LogP contribution in [0.4, 0.5) is 4.79 Å². The van der Waals surface area contributed by atoms with Crippen LogP contribution in [0.2, 0.25) is 0 Å². The van der Waals surface area contributed by atoms with Crippen LogP contribution in [0.5, 0.6) is 0 Å². The Morgan fingerprint density at radius 2 is 1.58 bits per heavy atom. The van der Waals surface area contributed by atoms with Crippen LogP contribution in [0.1, 0.15) is 53.9 Å². The summed E-state index contributed by atoms with van der Waals surface area (Å²) in [6.07, 6.45) is 2.28. The van der Waals surface area contributed by atoms with Crippen molar-refractivity contribution in [2.24, 2.45) is 0 Å². The first-order chi connectivity index (χ1) is 15.8. The monoisotopic (exact) mass is 530 g/mol. The molecule has 33 heavy (non-hydrogen) atoms. The summed E-state index contributed by atoms with van der Waals surface area (Å²) >= 11 is 4.18. The van der Waals surface area contributed by atoms with Crippen LogP contribution in [0.25, 0.3) is 0 Å². The number of amides is 1. The van der Waals surface area contributed by atoms with Crippen molar-refractivity contribution in [1.82, 2.24) is 10.6 Å². The van der Waals surface area contributed by atoms with Gasteiger partial charge in [0.1, 0.15) is 5.44 Å². The highest BCUT2D eigenvalue weighted by Crippen LogP contribution is 2.40. The molecule has 0 aromatic heterocycles. The fraction of sp³-hybridized carbons (Fsp3) is 0.955. The van der Waals surface area contributed by atoms with Crippen LogP contribution in [0.15, 0.2) is 0 Å². The van der Waals surface area contributed by atoms with Gasteiger partial charge in [-0.05, 0) is 53.5 Å². The molecular weight excluding hydrogens is 484 g/mol. The summed E-state index contributed by atoms with van der Waals surface area (Å²) < 4.78 is 27.3. The van der Waals surface area contributed by atoms with Crippen molar-refractivity contribution in [3.63, 3.8) is 0 Å². The zero-order valence-electron chi connectivity index (χ0n) is 21.1. The van der Waals surface area contributed by atoms with Crippen molar-refractivity contribution >= 4 is 40.3 Å². The van der Waals surface area contributed by atoms with Gasteiger partial charge in [-0.15, -0.1) is 12.6 Å². The third-order valence-electron chi connectivity index (χ3n) is 4.16. The zero-order valence-corrected chi connectivity index (χ0v) is 23.6. The van der Waals surface area contributed by atoms with Crippen LogP contribution in [-0.4, -0.2) is 87.6 Å². The topological polar surface area (TPSA) is 87.3 Å². The number of unbranched alkanes of at least 4 members (excludes halogenated alkanes) is 1. The first-order valence-electron chi connectivity index (χ1n) is 11.8. The molecule has 0 saturated carbocycles. The quantitative estimate of drug-likeness (QED) is 0.0773. The van der Waals surface area contributed by atoms with E-state index < -0.39 is 6.09 Å². The van der Waals surface area contributed by atoms with Gasteiger partial charge in [0.15, 0.2) is 0 Å². The summed E-state index contributed by atoms with van der Waals surface area (Å²) in [5, 5.41) is 5.88. The minimum atomic E-state index is -0.415. The largest absolute Gasteiger partial charge is 0.450 e. The summed E-state index contributed by atoms with van der Waals surface area (Å²) in [7, 11) is 3.46. The van der Waals surface area contributed by atoms with E-state index in [1.807, 2.05) is 6.92 Å². The fourth-order valence-corrected chi connectivity index (χ4v) is 4.71. The van der Waals surface area contributed by atoms with Crippen molar-refractivity contribution < 1.29 is 28.5 Å². The molecule has 0 rings (SSSR count). The number of likely N-dealkylation sites (N-methyl/N-ethyl adjacent to an activating group) is 1. The lowest BCUT2D eigenvalue weighted by molar-refractivity contribution is 0.0494. The molecule has 0 radical (unpaired) electrons. The number of hydrogen-bond donors (Lipinski definition) is 3. The van der Waals surface area contributed by atoms with Gasteiger partial charge in [-0.3, -0.25) is 0 Å². The zero-order chi connectivity index (χ0) is 24.8. The summed E-state index contributed by atoms with van der Waals surface area (Å²) in [6.45, 7) is 16.5. The van der Waals surface area contributed by atoms with Gasteiger partial charge in [-0.25, -0.2) is 4.79 Å². The van der Waals surface area contributed by atoms with Gasteiger partial charge in [0.2, 0.25) is 0 Å². The summed E-state index contributed by atoms with van der Waals surface area (Å²) in [5.74, 6) is 0. The van der Waals surface area contributed by atoms with Gasteiger partial charge in [-0.2, -0.15) is 0 Å². The van der Waals surface area contributed by atoms with Crippen molar-refractivity contribution in [3.05, 3.63) is 0 Å². The van der Waals surface area contributed by atoms with E-state index in [4.69, 9.17) is 23.7 Å². The second kappa shape index (κ2) is 22.6. The van der Waals surface area contributed by atoms with E-state index in [1.54, 1.807) is 21.6 Å². The van der Waals surface area contributed by atoms with Crippen molar-refractivity contribution in [2.75, 3.05) is 65.9 Å². The average Bonchev–Trinajstić information content (AvgIpc) is 2.75. The van der Waals surface area contributed by atoms with Gasteiger partial charge in [0.05, 0.1) is 38.5 Å². The number of thiol groups is 1. The molecule has 1 amide bonds. The molecule has 0 spiro atoms. The van der Waals surface area contributed by atoms with Crippen molar-refractivity contribution in [3.8, 4) is 0 Å². The normalized spacial score (nSPS) is 13.6. The molecule has 0 saturated heterocycles. The number of alkyl carbamates (subject to hydrolysis) is 1. The molecule has 11 heteroatoms. The number of ether oxygens (including phenoxy) is 5. The Labute approximate surface area is 214 Å². The molecule has 2 atom stereocenters. The minimum Gasteiger partial charge on any atom is -0.450 e. The molecule has 2 N–H and O–H groups in total. The Hall–Kier alpha value is 0.120. The van der Waals surface area contributed by atoms with E-state index >= 15 is 0 Å². The number of hydrogen-bond acceptors (Lipinski definition) is 10. The maximum Gasteiger partial charge on any atom is 0.407 e. The maximum atomic E-state index is 11.8. The number of carbonyl (C=O) groups excluding carboxylic acids is 1. The van der Waals surface area contributed by atoms with E-state index in [0.29, 0.717) is 46.2 Å². The lowest BCUT2D eigenvalue weighted by Gasteiger charge is -2.24. The van der Waals surface area contributed by atoms with Crippen molar-refractivity contribution in [1.29, 1.82) is 0 Å². The average molecular weight is 531 g/mol. The van der Waals surface area contributed by atoms with E-state index in [2.05, 4.69) is 51.0 Å². The Bertz CT molecular complexity index is 462. The highest BCUT2D eigenvalue weighted by molar-refractivity contribution is 8.77. The predicted molar refractivity (Wildman–Crippen MR) is 142 cm³/mol. The van der Waals surface area contributed by atoms with E-state index in [0.717, 1.165) is 39.0 Å². The van der Waals surface area contributed by atoms with Crippen LogP contribution in [0.3, 0.4) is 0 Å². The Balaban J connectivity index is 3.60. The first-order valence-corrected chi connectivity index (χ1v) is 14.5. The molecule has 0 bridgehead atoms. The molecule has 8 nitrogen and oxygen atoms in total. The SMILES string of the molecule is CCNCCOCCOCCNC(=O)OCCC(C)(C)SSC(C)OCCCCOC(C)S. The Morgan fingerprint density at radius 3 is 2.21 bits per heavy atom. The van der Waals surface area contributed by atoms with E-state index in [-0.39, 0.29) is 15.6 Å². The van der Waals surface area contributed by atoms with E-state index in [9.17, 15) is 4.79 Å². The number of rotatable bonds is 23. The minimum absolute atomic E-state index is 0.0170. The smallest absolute Gasteiger partial charge is 0.407 e. The molecule has 0 fully saturated rings. The van der Waals surface area contributed by atoms with Crippen LogP contribution < -0.4 is 10.6 Å². The predicted octanol–water partition coefficient (Wildman–Crippen LogP) is 4.34. The van der Waals surface area contributed by atoms with Crippen LogP contribution in [0, 0.1) is 0 Å². The molecule has 198 valence electrons. The van der Waals surface area contributed by atoms with Gasteiger partial charge in [-0.1, -0.05) is 28.5 Å². The van der Waals surface area contributed by atoms with Crippen molar-refractivity contribution in [2.45, 2.75) is 69.5 Å². The summed E-state index contributed by atoms with van der Waals surface area (Å²) in [5.41, 5.74) is 0.0817. The third-order valence-corrected chi connectivity index (χ3v) is 7.92. The molecule has 0 aliphatic carbocycles. The van der Waals surface area contributed by atoms with Gasteiger partial charge >= 0.3 is 6.09 Å². The Kier molecular flexibility index (Phi) is 22.7. The van der Waals surface area contributed by atoms with Gasteiger partial charge in [0, 0.05) is 31.1 Å². The second-order valence-corrected chi connectivity index (χ2v) is 11.9. The molecular formula is C22H46N2O6S3. The molecule has 2 unspecified atom stereocenters. The molecule has 0 aliphatic rings. The van der Waals surface area contributed by atoms with Gasteiger partial charge in [0.25, 0.3) is 0 Å². The maximum absolute atomic E-state index is 11.8. The number of carbonyl (C=O) groups is 1. The van der Waals surface area contributed by atoms with Crippen LogP contribution in [-0.2, 0) is 23.7 Å². The highest BCUT2D eigenvalue weighted by atomic mass is 33.1. The third kappa shape index (κ3) is 25.0. The Morgan fingerprint density at radius 1 is 0.939 bits per heavy atom. The molecule has 0 heterocycles. The second-order valence-electron chi connectivity index (χ2n) is 7.95. The first kappa shape index (κ1) is 33.1. The molecule has 0 aliphatic heterocycles. The van der Waals surface area contributed by atoms with Gasteiger partial charge < -0.3 is 34.3 Å². The summed E-state index contributed by atoms with van der Waals surface area (Å²) in [4.78, 5) is 11.8. The fourth-order valence-electron chi connectivity index (χ4n) is 2.28. The van der Waals surface area contributed by atoms with Crippen LogP contribution >= 0.6 is 34.2 Å². The lowest BCUT2D eigenvalue weighted by Crippen LogP contribution is -2.29. The lowest BCUT2D eigenvalue weighted by atomic mass is 10.1. The molecule has 0 aromatic rings. The van der Waals surface area contributed by atoms with E-state index in [1.165, 1.54) is 0 Å².